The lowest BCUT2D eigenvalue weighted by molar-refractivity contribution is -0.257. The summed E-state index contributed by atoms with van der Waals surface area (Å²) in [4.78, 5) is 0. The van der Waals surface area contributed by atoms with Crippen molar-refractivity contribution in [2.45, 2.75) is 51.2 Å². The molecule has 4 rings (SSSR count). The van der Waals surface area contributed by atoms with Crippen molar-refractivity contribution in [2.24, 2.45) is 11.3 Å². The highest BCUT2D eigenvalue weighted by molar-refractivity contribution is 6.57. The summed E-state index contributed by atoms with van der Waals surface area (Å²) in [5.41, 5.74) is 0.0775. The summed E-state index contributed by atoms with van der Waals surface area (Å²) in [5, 5.41) is 0. The molecule has 0 aromatic heterocycles. The van der Waals surface area contributed by atoms with Gasteiger partial charge in [0.2, 0.25) is 0 Å². The van der Waals surface area contributed by atoms with Crippen molar-refractivity contribution in [3.8, 4) is 0 Å². The summed E-state index contributed by atoms with van der Waals surface area (Å²) in [7, 11) is -0.199. The molecule has 1 heterocycles. The summed E-state index contributed by atoms with van der Waals surface area (Å²) < 4.78 is 12.2. The summed E-state index contributed by atoms with van der Waals surface area (Å²) in [6.07, 6.45) is 3.54. The first-order valence-corrected chi connectivity index (χ1v) is 6.40. The van der Waals surface area contributed by atoms with E-state index in [4.69, 9.17) is 20.9 Å². The second-order valence-electron chi connectivity index (χ2n) is 6.04. The quantitative estimate of drug-likeness (QED) is 0.507. The molecule has 0 aromatic carbocycles. The Kier molecular flexibility index (Phi) is 1.91. The van der Waals surface area contributed by atoms with Gasteiger partial charge in [0, 0.05) is 0 Å². The Morgan fingerprint density at radius 3 is 2.60 bits per heavy atom. The van der Waals surface area contributed by atoms with Gasteiger partial charge >= 0.3 is 7.12 Å². The van der Waals surface area contributed by atoms with Crippen LogP contribution in [0.2, 0.25) is 0 Å². The highest BCUT2D eigenvalue weighted by Crippen LogP contribution is 2.70. The molecule has 3 atom stereocenters. The van der Waals surface area contributed by atoms with E-state index in [0.29, 0.717) is 5.78 Å². The van der Waals surface area contributed by atoms with Gasteiger partial charge in [-0.2, -0.15) is 0 Å². The number of fused-ring (bicyclic) bond motifs is 1. The molecule has 1 saturated heterocycles. The molecule has 3 aliphatic carbocycles. The molecule has 4 aliphatic rings. The van der Waals surface area contributed by atoms with Crippen LogP contribution in [0.25, 0.3) is 0 Å². The van der Waals surface area contributed by atoms with Crippen LogP contribution >= 0.6 is 11.6 Å². The van der Waals surface area contributed by atoms with Crippen molar-refractivity contribution in [3.05, 3.63) is 0 Å². The molecule has 3 saturated carbocycles. The van der Waals surface area contributed by atoms with Crippen molar-refractivity contribution in [1.82, 2.24) is 0 Å². The van der Waals surface area contributed by atoms with Crippen LogP contribution in [0, 0.1) is 11.3 Å². The molecule has 4 heteroatoms. The molecule has 0 aromatic rings. The van der Waals surface area contributed by atoms with Gasteiger partial charge in [-0.15, -0.1) is 11.6 Å². The van der Waals surface area contributed by atoms with Crippen molar-refractivity contribution in [2.75, 3.05) is 5.78 Å². The Hall–Kier alpha value is 0.275. The topological polar surface area (TPSA) is 18.5 Å². The van der Waals surface area contributed by atoms with E-state index in [1.54, 1.807) is 0 Å². The van der Waals surface area contributed by atoms with E-state index in [1.807, 2.05) is 0 Å². The Balaban J connectivity index is 2.00. The lowest BCUT2D eigenvalue weighted by atomic mass is 9.41. The molecule has 0 N–H and O–H groups in total. The summed E-state index contributed by atoms with van der Waals surface area (Å²) in [6, 6.07) is 0. The zero-order valence-corrected chi connectivity index (χ0v) is 10.4. The average Bonchev–Trinajstić information content (AvgIpc) is 2.52. The zero-order valence-electron chi connectivity index (χ0n) is 9.68. The van der Waals surface area contributed by atoms with Gasteiger partial charge in [0.15, 0.2) is 0 Å². The van der Waals surface area contributed by atoms with E-state index in [2.05, 4.69) is 20.8 Å². The van der Waals surface area contributed by atoms with Crippen molar-refractivity contribution in [3.63, 3.8) is 0 Å². The number of rotatable bonds is 1. The molecular formula is C11H18BClO2. The van der Waals surface area contributed by atoms with E-state index < -0.39 is 0 Å². The highest BCUT2D eigenvalue weighted by Gasteiger charge is 2.75. The largest absolute Gasteiger partial charge is 0.473 e. The number of alkyl halides is 1. The summed E-state index contributed by atoms with van der Waals surface area (Å²) in [6.45, 7) is 6.84. The third kappa shape index (κ3) is 0.962. The standard InChI is InChI=1S/C11H18BClO2/c1-9(2)8-4-5-10(3)11(9,6-8)15-12(7-13)14-10/h8H,4-7H2,1-3H3. The van der Waals surface area contributed by atoms with Crippen molar-refractivity contribution in [1.29, 1.82) is 0 Å². The third-order valence-electron chi connectivity index (χ3n) is 5.27. The third-order valence-corrected chi connectivity index (χ3v) is 5.52. The average molecular weight is 229 g/mol. The van der Waals surface area contributed by atoms with Crippen LogP contribution in [0.1, 0.15) is 40.0 Å². The van der Waals surface area contributed by atoms with Crippen LogP contribution in [-0.4, -0.2) is 24.1 Å². The summed E-state index contributed by atoms with van der Waals surface area (Å²) in [5.74, 6) is 1.25. The van der Waals surface area contributed by atoms with Gasteiger partial charge in [-0.1, -0.05) is 13.8 Å². The van der Waals surface area contributed by atoms with Crippen molar-refractivity contribution >= 4 is 18.7 Å². The minimum absolute atomic E-state index is 0.0670. The van der Waals surface area contributed by atoms with Gasteiger partial charge in [-0.3, -0.25) is 0 Å². The minimum Gasteiger partial charge on any atom is -0.402 e. The Bertz CT molecular complexity index is 309. The van der Waals surface area contributed by atoms with Crippen LogP contribution in [0.15, 0.2) is 0 Å². The van der Waals surface area contributed by atoms with Gasteiger partial charge < -0.3 is 9.31 Å². The van der Waals surface area contributed by atoms with E-state index in [1.165, 1.54) is 6.42 Å². The van der Waals surface area contributed by atoms with E-state index in [0.717, 1.165) is 18.8 Å². The van der Waals surface area contributed by atoms with Crippen molar-refractivity contribution < 1.29 is 9.31 Å². The maximum Gasteiger partial charge on any atom is 0.473 e. The van der Waals surface area contributed by atoms with Gasteiger partial charge in [0.05, 0.1) is 17.0 Å². The fourth-order valence-corrected chi connectivity index (χ4v) is 4.28. The van der Waals surface area contributed by atoms with Gasteiger partial charge in [0.1, 0.15) is 0 Å². The highest BCUT2D eigenvalue weighted by atomic mass is 35.5. The first kappa shape index (κ1) is 10.4. The van der Waals surface area contributed by atoms with E-state index >= 15 is 0 Å². The smallest absolute Gasteiger partial charge is 0.402 e. The first-order valence-electron chi connectivity index (χ1n) is 5.87. The lowest BCUT2D eigenvalue weighted by Crippen LogP contribution is -2.73. The fourth-order valence-electron chi connectivity index (χ4n) is 4.16. The monoisotopic (exact) mass is 228 g/mol. The molecule has 1 spiro atoms. The van der Waals surface area contributed by atoms with E-state index in [-0.39, 0.29) is 23.7 Å². The molecule has 3 unspecified atom stereocenters. The van der Waals surface area contributed by atoms with Crippen LogP contribution in [0.5, 0.6) is 0 Å². The van der Waals surface area contributed by atoms with Crippen LogP contribution in [0.4, 0.5) is 0 Å². The molecule has 15 heavy (non-hydrogen) atoms. The molecule has 2 nitrogen and oxygen atoms in total. The second-order valence-corrected chi connectivity index (χ2v) is 6.35. The Morgan fingerprint density at radius 1 is 1.33 bits per heavy atom. The lowest BCUT2D eigenvalue weighted by Gasteiger charge is -2.69. The fraction of sp³-hybridized carbons (Fsp3) is 1.00. The molecular weight excluding hydrogens is 210 g/mol. The molecule has 0 radical (unpaired) electrons. The normalized spacial score (nSPS) is 51.2. The molecule has 2 bridgehead atoms. The molecule has 1 aliphatic heterocycles. The predicted molar refractivity (Wildman–Crippen MR) is 60.9 cm³/mol. The van der Waals surface area contributed by atoms with Crippen LogP contribution in [-0.2, 0) is 9.31 Å². The second kappa shape index (κ2) is 2.74. The molecule has 0 amide bonds. The van der Waals surface area contributed by atoms with Gasteiger partial charge in [-0.25, -0.2) is 0 Å². The SMILES string of the molecule is CC12CCC3CC1(OB(CCl)O2)C3(C)C. The molecule has 84 valence electrons. The first-order chi connectivity index (χ1) is 6.95. The maximum atomic E-state index is 6.13. The van der Waals surface area contributed by atoms with Gasteiger partial charge in [-0.05, 0) is 37.5 Å². The molecule has 4 fully saturated rings. The van der Waals surface area contributed by atoms with Gasteiger partial charge in [0.25, 0.3) is 0 Å². The summed E-state index contributed by atoms with van der Waals surface area (Å²) >= 11 is 5.86. The zero-order chi connectivity index (χ0) is 10.9. The van der Waals surface area contributed by atoms with Crippen LogP contribution < -0.4 is 0 Å². The predicted octanol–water partition coefficient (Wildman–Crippen LogP) is 2.64. The Labute approximate surface area is 96.8 Å². The maximum absolute atomic E-state index is 6.13. The Morgan fingerprint density at radius 2 is 2.07 bits per heavy atom. The number of hydrogen-bond acceptors (Lipinski definition) is 2. The van der Waals surface area contributed by atoms with E-state index in [9.17, 15) is 0 Å². The minimum atomic E-state index is -0.199. The van der Waals surface area contributed by atoms with Crippen LogP contribution in [0.3, 0.4) is 0 Å². The number of halogens is 1. The number of hydrogen-bond donors (Lipinski definition) is 0.